The van der Waals surface area contributed by atoms with Crippen LogP contribution in [0, 0.1) is 41.9 Å². The third-order valence-electron chi connectivity index (χ3n) is 18.3. The zero-order chi connectivity index (χ0) is 61.4. The number of thiophene rings is 1. The summed E-state index contributed by atoms with van der Waals surface area (Å²) in [6, 6.07) is 89.2. The van der Waals surface area contributed by atoms with E-state index in [1.165, 1.54) is 42.0 Å². The van der Waals surface area contributed by atoms with Gasteiger partial charge in [0.25, 0.3) is 0 Å². The van der Waals surface area contributed by atoms with Crippen molar-refractivity contribution in [3.63, 3.8) is 0 Å². The van der Waals surface area contributed by atoms with Crippen LogP contribution >= 0.6 is 11.3 Å². The number of nitrogens with zero attached hydrogens (tertiary/aromatic N) is 1. The van der Waals surface area contributed by atoms with Gasteiger partial charge in [0, 0.05) is 45.3 Å². The van der Waals surface area contributed by atoms with Crippen molar-refractivity contribution in [1.29, 1.82) is 0 Å². The van der Waals surface area contributed by atoms with Crippen LogP contribution in [0.1, 0.15) is 107 Å². The fourth-order valence-electron chi connectivity index (χ4n) is 14.3. The van der Waals surface area contributed by atoms with Crippen LogP contribution in [0.4, 0.5) is 27.6 Å². The molecule has 1 heterocycles. The SMILES string of the molecule is CCN(c1cccc(C)c1)C(Cc1cccc(F)c1)(c1ccccc1F)C(C)CC(CC[C@](CC(CCCc1ccccc1)(c1cccs1)c1ccccc1F)(c1ccccc1)c1ccccc1F)(c1ccccc1)c1ccccc1F.c1ccccc1. The van der Waals surface area contributed by atoms with Gasteiger partial charge in [-0.3, -0.25) is 0 Å². The Labute approximate surface area is 521 Å². The van der Waals surface area contributed by atoms with Gasteiger partial charge >= 0.3 is 0 Å². The van der Waals surface area contributed by atoms with Crippen molar-refractivity contribution < 1.29 is 22.0 Å². The normalized spacial score (nSPS) is 14.4. The van der Waals surface area contributed by atoms with Crippen LogP contribution in [0.3, 0.4) is 0 Å². The molecule has 4 unspecified atom stereocenters. The molecule has 0 saturated carbocycles. The maximum atomic E-state index is 17.9. The molecule has 88 heavy (non-hydrogen) atoms. The van der Waals surface area contributed by atoms with Crippen molar-refractivity contribution >= 4 is 17.0 Å². The van der Waals surface area contributed by atoms with Gasteiger partial charge in [-0.2, -0.15) is 0 Å². The number of hydrogen-bond donors (Lipinski definition) is 0. The van der Waals surface area contributed by atoms with E-state index in [0.29, 0.717) is 47.2 Å². The van der Waals surface area contributed by atoms with E-state index in [1.807, 2.05) is 182 Å². The minimum atomic E-state index is -1.24. The van der Waals surface area contributed by atoms with Gasteiger partial charge in [-0.05, 0) is 169 Å². The average Bonchev–Trinajstić information content (AvgIpc) is 0.883. The second-order valence-corrected chi connectivity index (χ2v) is 24.4. The lowest BCUT2D eigenvalue weighted by Gasteiger charge is -2.53. The van der Waals surface area contributed by atoms with Gasteiger partial charge in [0.05, 0.1) is 5.54 Å². The Balaban J connectivity index is 0.00000134. The second-order valence-electron chi connectivity index (χ2n) is 23.5. The van der Waals surface area contributed by atoms with Gasteiger partial charge in [0.1, 0.15) is 29.1 Å². The van der Waals surface area contributed by atoms with Crippen molar-refractivity contribution in [2.24, 2.45) is 5.92 Å². The lowest BCUT2D eigenvalue weighted by Crippen LogP contribution is -2.55. The number of halogens is 5. The van der Waals surface area contributed by atoms with Crippen molar-refractivity contribution in [1.82, 2.24) is 0 Å². The maximum absolute atomic E-state index is 17.9. The molecule has 10 aromatic carbocycles. The summed E-state index contributed by atoms with van der Waals surface area (Å²) in [7, 11) is 0. The third kappa shape index (κ3) is 13.6. The third-order valence-corrected chi connectivity index (χ3v) is 19.3. The van der Waals surface area contributed by atoms with E-state index in [0.717, 1.165) is 33.7 Å². The number of aryl methyl sites for hydroxylation is 2. The minimum Gasteiger partial charge on any atom is -0.361 e. The molecular weight excluding hydrogens is 1110 g/mol. The van der Waals surface area contributed by atoms with E-state index in [4.69, 9.17) is 0 Å². The highest BCUT2D eigenvalue weighted by Gasteiger charge is 2.53. The lowest BCUT2D eigenvalue weighted by atomic mass is 9.55. The predicted octanol–water partition coefficient (Wildman–Crippen LogP) is 21.6. The molecule has 11 aromatic rings. The first kappa shape index (κ1) is 62.4. The highest BCUT2D eigenvalue weighted by Crippen LogP contribution is 2.58. The zero-order valence-electron chi connectivity index (χ0n) is 50.4. The summed E-state index contributed by atoms with van der Waals surface area (Å²) in [5.41, 5.74) is 2.52. The van der Waals surface area contributed by atoms with Crippen molar-refractivity contribution in [3.05, 3.63) is 375 Å². The Kier molecular flexibility index (Phi) is 20.5. The van der Waals surface area contributed by atoms with Crippen LogP contribution in [0.25, 0.3) is 0 Å². The summed E-state index contributed by atoms with van der Waals surface area (Å²) in [6.45, 7) is 6.67. The highest BCUT2D eigenvalue weighted by molar-refractivity contribution is 7.10. The van der Waals surface area contributed by atoms with Crippen molar-refractivity contribution in [2.75, 3.05) is 11.4 Å². The summed E-state index contributed by atoms with van der Waals surface area (Å²) < 4.78 is 86.5. The number of rotatable bonds is 24. The fraction of sp³-hybridized carbons (Fsp3) is 0.210. The second kappa shape index (κ2) is 28.9. The van der Waals surface area contributed by atoms with Gasteiger partial charge in [-0.1, -0.05) is 237 Å². The number of likely N-dealkylation sites (N-methyl/N-ethyl adjacent to an activating group) is 1. The van der Waals surface area contributed by atoms with E-state index in [1.54, 1.807) is 41.7 Å². The van der Waals surface area contributed by atoms with Gasteiger partial charge in [0.15, 0.2) is 0 Å². The van der Waals surface area contributed by atoms with Crippen LogP contribution in [0.2, 0.25) is 0 Å². The largest absolute Gasteiger partial charge is 0.361 e. The number of anilines is 1. The molecule has 0 amide bonds. The lowest BCUT2D eigenvalue weighted by molar-refractivity contribution is 0.196. The Bertz CT molecular complexity index is 3910. The van der Waals surface area contributed by atoms with Crippen LogP contribution in [0.15, 0.2) is 290 Å². The average molecular weight is 1190 g/mol. The summed E-state index contributed by atoms with van der Waals surface area (Å²) in [4.78, 5) is 3.22. The Morgan fingerprint density at radius 2 is 0.875 bits per heavy atom. The number of benzene rings is 10. The molecule has 0 aliphatic heterocycles. The molecule has 0 spiro atoms. The first-order valence-corrected chi connectivity index (χ1v) is 31.6. The quantitative estimate of drug-likeness (QED) is 0.0545. The van der Waals surface area contributed by atoms with E-state index >= 15 is 22.0 Å². The molecule has 0 N–H and O–H groups in total. The molecule has 5 atom stereocenters. The van der Waals surface area contributed by atoms with Crippen LogP contribution < -0.4 is 4.90 Å². The predicted molar refractivity (Wildman–Crippen MR) is 355 cm³/mol. The van der Waals surface area contributed by atoms with Crippen LogP contribution in [0.5, 0.6) is 0 Å². The molecule has 1 nitrogen and oxygen atoms in total. The monoisotopic (exact) mass is 1190 g/mol. The van der Waals surface area contributed by atoms with E-state index in [9.17, 15) is 0 Å². The molecule has 7 heteroatoms. The standard InChI is InChI=1S/C75H70F5NS.C6H6/c1-4-81(62-36-22-26-55(2)50-62)75(66-40-17-21-44-70(66)80,53-58-29-23-35-61(76)51-58)56(3)52-72(59-31-10-6-11-32-59,63-37-14-18-41-67(63)77)47-48-73(60-33-12-7-13-34-60,64-38-15-19-42-68(64)78)54-74(71-45-25-49-82-71,65-39-16-20-43-69(65)79)46-24-30-57-27-8-5-9-28-57;1-2-4-6-5-3-1/h5-23,25-29,31-45,49-51,56H,4,24,30,46-48,52-54H2,1-3H3;1-6H/t56?,72?,73-,74?,75?;/m0./s1. The Hall–Kier alpha value is -8.65. The topological polar surface area (TPSA) is 3.24 Å². The molecule has 11 rings (SSSR count). The van der Waals surface area contributed by atoms with Gasteiger partial charge in [-0.25, -0.2) is 22.0 Å². The molecule has 446 valence electrons. The molecule has 0 radical (unpaired) electrons. The van der Waals surface area contributed by atoms with Gasteiger partial charge in [0.2, 0.25) is 0 Å². The fourth-order valence-corrected chi connectivity index (χ4v) is 15.3. The highest BCUT2D eigenvalue weighted by atomic mass is 32.1. The molecule has 0 aliphatic rings. The molecule has 0 saturated heterocycles. The Morgan fingerprint density at radius 1 is 0.420 bits per heavy atom. The first-order valence-electron chi connectivity index (χ1n) is 30.7. The van der Waals surface area contributed by atoms with Crippen molar-refractivity contribution in [3.8, 4) is 0 Å². The zero-order valence-corrected chi connectivity index (χ0v) is 51.2. The van der Waals surface area contributed by atoms with E-state index in [2.05, 4.69) is 67.3 Å². The molecule has 1 aromatic heterocycles. The van der Waals surface area contributed by atoms with E-state index in [-0.39, 0.29) is 37.9 Å². The van der Waals surface area contributed by atoms with Crippen LogP contribution in [-0.2, 0) is 34.6 Å². The number of hydrogen-bond acceptors (Lipinski definition) is 2. The molecule has 0 fully saturated rings. The molecule has 0 aliphatic carbocycles. The summed E-state index contributed by atoms with van der Waals surface area (Å²) in [5.74, 6) is -2.53. The smallest absolute Gasteiger partial charge is 0.128 e. The Morgan fingerprint density at radius 3 is 1.39 bits per heavy atom. The van der Waals surface area contributed by atoms with Crippen molar-refractivity contribution in [2.45, 2.75) is 93.9 Å². The van der Waals surface area contributed by atoms with E-state index < -0.39 is 51.0 Å². The van der Waals surface area contributed by atoms with Gasteiger partial charge in [-0.15, -0.1) is 11.3 Å². The van der Waals surface area contributed by atoms with Crippen LogP contribution in [-0.4, -0.2) is 6.54 Å². The summed E-state index contributed by atoms with van der Waals surface area (Å²) >= 11 is 1.58. The summed E-state index contributed by atoms with van der Waals surface area (Å²) in [6.07, 6.45) is 3.13. The summed E-state index contributed by atoms with van der Waals surface area (Å²) in [5, 5.41) is 2.04. The first-order chi connectivity index (χ1) is 42.9. The molecular formula is C81H76F5NS. The maximum Gasteiger partial charge on any atom is 0.128 e. The van der Waals surface area contributed by atoms with Gasteiger partial charge < -0.3 is 4.90 Å². The molecule has 0 bridgehead atoms. The minimum absolute atomic E-state index is 0.189.